The third-order valence-corrected chi connectivity index (χ3v) is 3.79. The molecular weight excluding hydrogens is 318 g/mol. The molecule has 1 N–H and O–H groups in total. The van der Waals surface area contributed by atoms with Crippen molar-refractivity contribution in [1.29, 1.82) is 0 Å². The summed E-state index contributed by atoms with van der Waals surface area (Å²) in [5, 5.41) is 3.08. The van der Waals surface area contributed by atoms with E-state index in [2.05, 4.69) is 15.3 Å². The van der Waals surface area contributed by atoms with Crippen LogP contribution in [-0.2, 0) is 4.74 Å². The van der Waals surface area contributed by atoms with Crippen LogP contribution in [0.3, 0.4) is 0 Å². The van der Waals surface area contributed by atoms with Crippen molar-refractivity contribution in [2.75, 3.05) is 18.5 Å². The summed E-state index contributed by atoms with van der Waals surface area (Å²) in [5.41, 5.74) is 1.93. The molecular formula is C16H16ClN3O3. The summed E-state index contributed by atoms with van der Waals surface area (Å²) < 4.78 is 10.9. The predicted octanol–water partition coefficient (Wildman–Crippen LogP) is 2.86. The van der Waals surface area contributed by atoms with Gasteiger partial charge in [-0.2, -0.15) is 0 Å². The topological polar surface area (TPSA) is 73.3 Å². The van der Waals surface area contributed by atoms with Crippen LogP contribution in [0, 0.1) is 6.92 Å². The van der Waals surface area contributed by atoms with Crippen LogP contribution in [0.25, 0.3) is 0 Å². The van der Waals surface area contributed by atoms with Gasteiger partial charge in [0.2, 0.25) is 5.88 Å². The minimum atomic E-state index is -0.300. The molecule has 1 fully saturated rings. The van der Waals surface area contributed by atoms with Crippen molar-refractivity contribution in [2.45, 2.75) is 19.4 Å². The van der Waals surface area contributed by atoms with Crippen LogP contribution in [0.5, 0.6) is 5.88 Å². The van der Waals surface area contributed by atoms with E-state index in [4.69, 9.17) is 21.1 Å². The first-order valence-electron chi connectivity index (χ1n) is 7.25. The van der Waals surface area contributed by atoms with Gasteiger partial charge in [-0.05, 0) is 24.6 Å². The number of amides is 1. The van der Waals surface area contributed by atoms with E-state index in [-0.39, 0.29) is 12.0 Å². The van der Waals surface area contributed by atoms with Crippen molar-refractivity contribution in [1.82, 2.24) is 9.97 Å². The standard InChI is InChI=1S/C16H16ClN3O3/c1-10-2-4-18-8-14(10)20-15(21)11-6-13(17)16(19-7-11)23-12-3-5-22-9-12/h2,4,6-8,12H,3,5,9H2,1H3,(H,20,21). The Kier molecular flexibility index (Phi) is 4.73. The smallest absolute Gasteiger partial charge is 0.257 e. The number of aromatic nitrogens is 2. The number of aryl methyl sites for hydroxylation is 1. The number of ether oxygens (including phenoxy) is 2. The highest BCUT2D eigenvalue weighted by molar-refractivity contribution is 6.32. The third kappa shape index (κ3) is 3.78. The van der Waals surface area contributed by atoms with Crippen LogP contribution in [0.2, 0.25) is 5.02 Å². The molecule has 3 rings (SSSR count). The zero-order valence-corrected chi connectivity index (χ0v) is 13.3. The van der Waals surface area contributed by atoms with Crippen molar-refractivity contribution in [3.8, 4) is 5.88 Å². The number of nitrogens with one attached hydrogen (secondary N) is 1. The fourth-order valence-electron chi connectivity index (χ4n) is 2.19. The van der Waals surface area contributed by atoms with Gasteiger partial charge in [-0.1, -0.05) is 11.6 Å². The Bertz CT molecular complexity index is 717. The Morgan fingerprint density at radius 2 is 2.35 bits per heavy atom. The second kappa shape index (κ2) is 6.93. The van der Waals surface area contributed by atoms with Gasteiger partial charge in [-0.25, -0.2) is 4.98 Å². The molecule has 1 aliphatic heterocycles. The van der Waals surface area contributed by atoms with Crippen LogP contribution in [-0.4, -0.2) is 35.2 Å². The largest absolute Gasteiger partial charge is 0.471 e. The Labute approximate surface area is 138 Å². The Morgan fingerprint density at radius 3 is 3.04 bits per heavy atom. The molecule has 1 saturated heterocycles. The summed E-state index contributed by atoms with van der Waals surface area (Å²) in [6.45, 7) is 3.09. The van der Waals surface area contributed by atoms with E-state index < -0.39 is 0 Å². The molecule has 0 aliphatic carbocycles. The maximum atomic E-state index is 12.3. The SMILES string of the molecule is Cc1ccncc1NC(=O)c1cnc(OC2CCOC2)c(Cl)c1. The Balaban J connectivity index is 1.71. The van der Waals surface area contributed by atoms with Crippen LogP contribution in [0.1, 0.15) is 22.3 Å². The maximum absolute atomic E-state index is 12.3. The average molecular weight is 334 g/mol. The van der Waals surface area contributed by atoms with Crippen LogP contribution in [0.4, 0.5) is 5.69 Å². The van der Waals surface area contributed by atoms with E-state index in [0.717, 1.165) is 12.0 Å². The zero-order chi connectivity index (χ0) is 16.2. The highest BCUT2D eigenvalue weighted by Crippen LogP contribution is 2.25. The summed E-state index contributed by atoms with van der Waals surface area (Å²) in [6.07, 6.45) is 5.47. The molecule has 1 amide bonds. The molecule has 0 aromatic carbocycles. The highest BCUT2D eigenvalue weighted by Gasteiger charge is 2.20. The summed E-state index contributed by atoms with van der Waals surface area (Å²) >= 11 is 6.17. The lowest BCUT2D eigenvalue weighted by molar-refractivity contribution is 0.102. The quantitative estimate of drug-likeness (QED) is 0.931. The fourth-order valence-corrected chi connectivity index (χ4v) is 2.40. The van der Waals surface area contributed by atoms with E-state index in [9.17, 15) is 4.79 Å². The van der Waals surface area contributed by atoms with Gasteiger partial charge < -0.3 is 14.8 Å². The zero-order valence-electron chi connectivity index (χ0n) is 12.6. The lowest BCUT2D eigenvalue weighted by atomic mass is 10.2. The van der Waals surface area contributed by atoms with Crippen LogP contribution in [0.15, 0.2) is 30.7 Å². The molecule has 1 aliphatic rings. The summed E-state index contributed by atoms with van der Waals surface area (Å²) in [6, 6.07) is 3.36. The molecule has 1 atom stereocenters. The van der Waals surface area contributed by atoms with Crippen molar-refractivity contribution in [2.24, 2.45) is 0 Å². The van der Waals surface area contributed by atoms with Crippen molar-refractivity contribution >= 4 is 23.2 Å². The first-order chi connectivity index (χ1) is 11.1. The van der Waals surface area contributed by atoms with Gasteiger partial charge in [-0.3, -0.25) is 9.78 Å². The number of hydrogen-bond acceptors (Lipinski definition) is 5. The first kappa shape index (κ1) is 15.7. The fraction of sp³-hybridized carbons (Fsp3) is 0.312. The van der Waals surface area contributed by atoms with E-state index in [0.29, 0.717) is 35.4 Å². The number of hydrogen-bond donors (Lipinski definition) is 1. The summed E-state index contributed by atoms with van der Waals surface area (Å²) in [4.78, 5) is 20.4. The third-order valence-electron chi connectivity index (χ3n) is 3.52. The number of pyridine rings is 2. The molecule has 7 heteroatoms. The van der Waals surface area contributed by atoms with Gasteiger partial charge in [0.15, 0.2) is 0 Å². The minimum Gasteiger partial charge on any atom is -0.471 e. The molecule has 2 aromatic rings. The number of carbonyl (C=O) groups is 1. The molecule has 0 saturated carbocycles. The van der Waals surface area contributed by atoms with E-state index in [1.54, 1.807) is 18.5 Å². The number of carbonyl (C=O) groups excluding carboxylic acids is 1. The lowest BCUT2D eigenvalue weighted by Crippen LogP contribution is -2.17. The number of nitrogens with zero attached hydrogens (tertiary/aromatic N) is 2. The second-order valence-electron chi connectivity index (χ2n) is 5.26. The predicted molar refractivity (Wildman–Crippen MR) is 86.0 cm³/mol. The highest BCUT2D eigenvalue weighted by atomic mass is 35.5. The van der Waals surface area contributed by atoms with Gasteiger partial charge in [0.05, 0.1) is 30.7 Å². The van der Waals surface area contributed by atoms with E-state index in [1.807, 2.05) is 13.0 Å². The molecule has 0 spiro atoms. The van der Waals surface area contributed by atoms with Gasteiger partial charge in [0.25, 0.3) is 5.91 Å². The summed E-state index contributed by atoms with van der Waals surface area (Å²) in [7, 11) is 0. The van der Waals surface area contributed by atoms with Crippen LogP contribution < -0.4 is 10.1 Å². The Morgan fingerprint density at radius 1 is 1.48 bits per heavy atom. The molecule has 1 unspecified atom stereocenters. The van der Waals surface area contributed by atoms with Crippen molar-refractivity contribution < 1.29 is 14.3 Å². The van der Waals surface area contributed by atoms with Gasteiger partial charge in [0.1, 0.15) is 11.1 Å². The Hall–Kier alpha value is -2.18. The monoisotopic (exact) mass is 333 g/mol. The number of anilines is 1. The normalized spacial score (nSPS) is 17.0. The van der Waals surface area contributed by atoms with Crippen molar-refractivity contribution in [3.05, 3.63) is 46.9 Å². The summed E-state index contributed by atoms with van der Waals surface area (Å²) in [5.74, 6) is 0.0162. The molecule has 2 aromatic heterocycles. The molecule has 120 valence electrons. The van der Waals surface area contributed by atoms with Gasteiger partial charge in [-0.15, -0.1) is 0 Å². The van der Waals surface area contributed by atoms with Crippen molar-refractivity contribution in [3.63, 3.8) is 0 Å². The number of halogens is 1. The van der Waals surface area contributed by atoms with Crippen LogP contribution >= 0.6 is 11.6 Å². The molecule has 23 heavy (non-hydrogen) atoms. The average Bonchev–Trinajstić information content (AvgIpc) is 3.04. The van der Waals surface area contributed by atoms with E-state index in [1.165, 1.54) is 6.20 Å². The molecule has 3 heterocycles. The second-order valence-corrected chi connectivity index (χ2v) is 5.67. The first-order valence-corrected chi connectivity index (χ1v) is 7.63. The maximum Gasteiger partial charge on any atom is 0.257 e. The molecule has 0 bridgehead atoms. The van der Waals surface area contributed by atoms with Gasteiger partial charge in [0, 0.05) is 18.8 Å². The van der Waals surface area contributed by atoms with E-state index >= 15 is 0 Å². The van der Waals surface area contributed by atoms with Gasteiger partial charge >= 0.3 is 0 Å². The molecule has 0 radical (unpaired) electrons. The lowest BCUT2D eigenvalue weighted by Gasteiger charge is -2.13. The minimum absolute atomic E-state index is 0.0438. The number of rotatable bonds is 4. The molecule has 6 nitrogen and oxygen atoms in total.